The maximum absolute atomic E-state index is 13.6. The summed E-state index contributed by atoms with van der Waals surface area (Å²) in [6.07, 6.45) is 3.60. The van der Waals surface area contributed by atoms with Gasteiger partial charge in [0.1, 0.15) is 17.7 Å². The fourth-order valence-electron chi connectivity index (χ4n) is 4.33. The van der Waals surface area contributed by atoms with Gasteiger partial charge >= 0.3 is 0 Å². The summed E-state index contributed by atoms with van der Waals surface area (Å²) in [6, 6.07) is 5.81. The Balaban J connectivity index is 0.00000225. The average molecular weight is 409 g/mol. The van der Waals surface area contributed by atoms with Crippen molar-refractivity contribution in [1.29, 1.82) is 0 Å². The quantitative estimate of drug-likeness (QED) is 0.836. The van der Waals surface area contributed by atoms with Crippen molar-refractivity contribution in [1.82, 2.24) is 30.4 Å². The van der Waals surface area contributed by atoms with E-state index in [0.717, 1.165) is 44.6 Å². The van der Waals surface area contributed by atoms with Crippen molar-refractivity contribution in [3.05, 3.63) is 41.5 Å². The zero-order valence-corrected chi connectivity index (χ0v) is 16.8. The minimum absolute atomic E-state index is 0. The van der Waals surface area contributed by atoms with Crippen LogP contribution in [-0.4, -0.2) is 57.2 Å². The topological polar surface area (TPSA) is 75.9 Å². The molecule has 1 amide bonds. The van der Waals surface area contributed by atoms with Gasteiger partial charge in [-0.1, -0.05) is 12.1 Å². The van der Waals surface area contributed by atoms with E-state index in [1.54, 1.807) is 17.7 Å². The number of hydrogen-bond donors (Lipinski definition) is 1. The number of carbonyl (C=O) groups is 1. The molecule has 2 aliphatic heterocycles. The van der Waals surface area contributed by atoms with E-state index in [1.807, 2.05) is 11.0 Å². The number of tetrazole rings is 1. The molecule has 1 atom stereocenters. The summed E-state index contributed by atoms with van der Waals surface area (Å²) in [5.74, 6) is 0.287. The Morgan fingerprint density at radius 3 is 2.71 bits per heavy atom. The van der Waals surface area contributed by atoms with Crippen LogP contribution in [0.2, 0.25) is 0 Å². The van der Waals surface area contributed by atoms with Crippen LogP contribution in [0.5, 0.6) is 0 Å². The molecule has 1 aromatic carbocycles. The monoisotopic (exact) mass is 408 g/mol. The molecule has 2 saturated heterocycles. The molecular weight excluding hydrogens is 383 g/mol. The molecule has 1 spiro atoms. The summed E-state index contributed by atoms with van der Waals surface area (Å²) in [5, 5.41) is 15.1. The molecule has 1 aromatic heterocycles. The third kappa shape index (κ3) is 4.17. The molecule has 9 heteroatoms. The SMILES string of the molecule is Cc1nnnn1C(Cc1cccc(F)c1)C(=O)N1CCC2(CCNC2)CC1.Cl. The minimum Gasteiger partial charge on any atom is -0.341 e. The van der Waals surface area contributed by atoms with E-state index in [1.165, 1.54) is 18.6 Å². The second-order valence-corrected chi connectivity index (χ2v) is 7.77. The lowest BCUT2D eigenvalue weighted by atomic mass is 9.77. The number of likely N-dealkylation sites (tertiary alicyclic amines) is 1. The largest absolute Gasteiger partial charge is 0.341 e. The zero-order chi connectivity index (χ0) is 18.9. The molecule has 2 aliphatic rings. The van der Waals surface area contributed by atoms with Gasteiger partial charge in [-0.05, 0) is 66.3 Å². The van der Waals surface area contributed by atoms with Crippen molar-refractivity contribution in [2.75, 3.05) is 26.2 Å². The summed E-state index contributed by atoms with van der Waals surface area (Å²) >= 11 is 0. The summed E-state index contributed by atoms with van der Waals surface area (Å²) < 4.78 is 15.2. The van der Waals surface area contributed by atoms with E-state index in [2.05, 4.69) is 20.8 Å². The lowest BCUT2D eigenvalue weighted by molar-refractivity contribution is -0.137. The number of piperidine rings is 1. The van der Waals surface area contributed by atoms with Crippen molar-refractivity contribution in [3.63, 3.8) is 0 Å². The summed E-state index contributed by atoms with van der Waals surface area (Å²) in [7, 11) is 0. The Morgan fingerprint density at radius 2 is 2.11 bits per heavy atom. The Kier molecular flexibility index (Phi) is 6.30. The van der Waals surface area contributed by atoms with Gasteiger partial charge in [0.15, 0.2) is 0 Å². The standard InChI is InChI=1S/C19H25FN6O.ClH/c1-14-22-23-24-26(14)17(12-15-3-2-4-16(20)11-15)18(27)25-9-6-19(7-10-25)5-8-21-13-19;/h2-4,11,17,21H,5-10,12-13H2,1H3;1H. The van der Waals surface area contributed by atoms with Gasteiger partial charge in [0.2, 0.25) is 5.91 Å². The molecule has 152 valence electrons. The molecule has 0 bridgehead atoms. The van der Waals surface area contributed by atoms with Crippen LogP contribution in [0.15, 0.2) is 24.3 Å². The summed E-state index contributed by atoms with van der Waals surface area (Å²) in [5.41, 5.74) is 1.11. The highest BCUT2D eigenvalue weighted by Gasteiger charge is 2.39. The van der Waals surface area contributed by atoms with E-state index in [-0.39, 0.29) is 24.1 Å². The number of nitrogens with one attached hydrogen (secondary N) is 1. The van der Waals surface area contributed by atoms with E-state index in [4.69, 9.17) is 0 Å². The van der Waals surface area contributed by atoms with Crippen molar-refractivity contribution >= 4 is 18.3 Å². The maximum atomic E-state index is 13.6. The van der Waals surface area contributed by atoms with Gasteiger partial charge in [0, 0.05) is 26.1 Å². The van der Waals surface area contributed by atoms with Gasteiger partial charge in [0.05, 0.1) is 0 Å². The van der Waals surface area contributed by atoms with Crippen molar-refractivity contribution in [3.8, 4) is 0 Å². The van der Waals surface area contributed by atoms with Crippen LogP contribution in [0.25, 0.3) is 0 Å². The average Bonchev–Trinajstić information content (AvgIpc) is 3.29. The van der Waals surface area contributed by atoms with Gasteiger partial charge in [-0.25, -0.2) is 9.07 Å². The van der Waals surface area contributed by atoms with Crippen molar-refractivity contribution in [2.24, 2.45) is 5.41 Å². The number of aromatic nitrogens is 4. The van der Waals surface area contributed by atoms with E-state index in [9.17, 15) is 9.18 Å². The molecule has 2 aromatic rings. The first-order valence-corrected chi connectivity index (χ1v) is 9.55. The van der Waals surface area contributed by atoms with Crippen LogP contribution in [0.4, 0.5) is 4.39 Å². The van der Waals surface area contributed by atoms with Crippen LogP contribution in [0, 0.1) is 18.2 Å². The number of nitrogens with zero attached hydrogens (tertiary/aromatic N) is 5. The highest BCUT2D eigenvalue weighted by molar-refractivity contribution is 5.85. The molecule has 0 saturated carbocycles. The van der Waals surface area contributed by atoms with Crippen molar-refractivity contribution in [2.45, 2.75) is 38.6 Å². The Labute approximate surface area is 170 Å². The second kappa shape index (κ2) is 8.53. The highest BCUT2D eigenvalue weighted by atomic mass is 35.5. The van der Waals surface area contributed by atoms with E-state index in [0.29, 0.717) is 17.7 Å². The summed E-state index contributed by atoms with van der Waals surface area (Å²) in [4.78, 5) is 15.3. The third-order valence-electron chi connectivity index (χ3n) is 6.02. The van der Waals surface area contributed by atoms with E-state index >= 15 is 0 Å². The number of carbonyl (C=O) groups excluding carboxylic acids is 1. The Bertz CT molecular complexity index is 812. The van der Waals surface area contributed by atoms with Gasteiger partial charge < -0.3 is 10.2 Å². The molecule has 0 radical (unpaired) electrons. The molecule has 1 unspecified atom stereocenters. The summed E-state index contributed by atoms with van der Waals surface area (Å²) in [6.45, 7) is 5.40. The maximum Gasteiger partial charge on any atom is 0.247 e. The first-order valence-electron chi connectivity index (χ1n) is 9.55. The first-order chi connectivity index (χ1) is 13.1. The van der Waals surface area contributed by atoms with E-state index < -0.39 is 6.04 Å². The molecular formula is C19H26ClFN6O. The van der Waals surface area contributed by atoms with Crippen LogP contribution < -0.4 is 5.32 Å². The number of hydrogen-bond acceptors (Lipinski definition) is 5. The van der Waals surface area contributed by atoms with Gasteiger partial charge in [-0.15, -0.1) is 17.5 Å². The number of amides is 1. The third-order valence-corrected chi connectivity index (χ3v) is 6.02. The fourth-order valence-corrected chi connectivity index (χ4v) is 4.33. The fraction of sp³-hybridized carbons (Fsp3) is 0.579. The van der Waals surface area contributed by atoms with Gasteiger partial charge in [-0.3, -0.25) is 4.79 Å². The first kappa shape index (κ1) is 20.7. The molecule has 1 N–H and O–H groups in total. The molecule has 28 heavy (non-hydrogen) atoms. The predicted molar refractivity (Wildman–Crippen MR) is 105 cm³/mol. The number of rotatable bonds is 4. The van der Waals surface area contributed by atoms with Crippen molar-refractivity contribution < 1.29 is 9.18 Å². The lowest BCUT2D eigenvalue weighted by Gasteiger charge is -2.40. The zero-order valence-electron chi connectivity index (χ0n) is 16.0. The smallest absolute Gasteiger partial charge is 0.247 e. The van der Waals surface area contributed by atoms with Crippen LogP contribution in [0.3, 0.4) is 0 Å². The molecule has 2 fully saturated rings. The number of benzene rings is 1. The van der Waals surface area contributed by atoms with Crippen LogP contribution in [0.1, 0.15) is 36.7 Å². The Hall–Kier alpha value is -2.06. The number of halogens is 2. The van der Waals surface area contributed by atoms with Crippen LogP contribution in [-0.2, 0) is 11.2 Å². The predicted octanol–water partition coefficient (Wildman–Crippen LogP) is 1.93. The minimum atomic E-state index is -0.558. The van der Waals surface area contributed by atoms with Gasteiger partial charge in [-0.2, -0.15) is 0 Å². The normalized spacial score (nSPS) is 19.4. The lowest BCUT2D eigenvalue weighted by Crippen LogP contribution is -2.47. The highest BCUT2D eigenvalue weighted by Crippen LogP contribution is 2.37. The Morgan fingerprint density at radius 1 is 1.32 bits per heavy atom. The molecule has 7 nitrogen and oxygen atoms in total. The molecule has 0 aliphatic carbocycles. The van der Waals surface area contributed by atoms with Gasteiger partial charge in [0.25, 0.3) is 0 Å². The molecule has 3 heterocycles. The molecule has 4 rings (SSSR count). The number of aryl methyl sites for hydroxylation is 1. The van der Waals surface area contributed by atoms with Crippen LogP contribution >= 0.6 is 12.4 Å². The second-order valence-electron chi connectivity index (χ2n) is 7.77.